The first-order valence-electron chi connectivity index (χ1n) is 6.49. The third kappa shape index (κ3) is 4.36. The molecule has 1 rings (SSSR count). The summed E-state index contributed by atoms with van der Waals surface area (Å²) in [6, 6.07) is 10.7. The molecule has 0 amide bonds. The Bertz CT molecular complexity index is 281. The number of hydrogen-bond donors (Lipinski definition) is 1. The Hall–Kier alpha value is -0.820. The molecule has 0 spiro atoms. The quantitative estimate of drug-likeness (QED) is 0.735. The van der Waals surface area contributed by atoms with E-state index in [2.05, 4.69) is 56.4 Å². The van der Waals surface area contributed by atoms with Crippen molar-refractivity contribution in [2.75, 3.05) is 6.54 Å². The summed E-state index contributed by atoms with van der Waals surface area (Å²) in [5.74, 6) is 0. The Morgan fingerprint density at radius 3 is 2.38 bits per heavy atom. The molecule has 0 heterocycles. The van der Waals surface area contributed by atoms with Gasteiger partial charge in [0.1, 0.15) is 0 Å². The third-order valence-electron chi connectivity index (χ3n) is 3.39. The SMILES string of the molecule is CCCC(C)(CC)NCCc1ccccc1. The van der Waals surface area contributed by atoms with E-state index in [0.717, 1.165) is 13.0 Å². The molecule has 1 heteroatoms. The Balaban J connectivity index is 2.34. The molecule has 1 nitrogen and oxygen atoms in total. The van der Waals surface area contributed by atoms with Gasteiger partial charge in [-0.2, -0.15) is 0 Å². The molecular weight excluding hydrogens is 194 g/mol. The van der Waals surface area contributed by atoms with Crippen LogP contribution in [0.1, 0.15) is 45.6 Å². The summed E-state index contributed by atoms with van der Waals surface area (Å²) < 4.78 is 0. The van der Waals surface area contributed by atoms with Gasteiger partial charge in [-0.25, -0.2) is 0 Å². The van der Waals surface area contributed by atoms with Crippen LogP contribution in [0.25, 0.3) is 0 Å². The van der Waals surface area contributed by atoms with Gasteiger partial charge in [-0.1, -0.05) is 50.6 Å². The van der Waals surface area contributed by atoms with Crippen molar-refractivity contribution in [3.8, 4) is 0 Å². The van der Waals surface area contributed by atoms with E-state index in [9.17, 15) is 0 Å². The average Bonchev–Trinajstić information content (AvgIpc) is 2.31. The van der Waals surface area contributed by atoms with Crippen LogP contribution in [-0.4, -0.2) is 12.1 Å². The maximum absolute atomic E-state index is 3.70. The minimum Gasteiger partial charge on any atom is -0.311 e. The highest BCUT2D eigenvalue weighted by Crippen LogP contribution is 2.16. The fourth-order valence-corrected chi connectivity index (χ4v) is 2.10. The lowest BCUT2D eigenvalue weighted by molar-refractivity contribution is 0.319. The molecule has 0 bridgehead atoms. The van der Waals surface area contributed by atoms with Crippen LogP contribution >= 0.6 is 0 Å². The van der Waals surface area contributed by atoms with Gasteiger partial charge in [-0.3, -0.25) is 0 Å². The molecule has 1 N–H and O–H groups in total. The van der Waals surface area contributed by atoms with Gasteiger partial charge in [0.25, 0.3) is 0 Å². The van der Waals surface area contributed by atoms with Crippen molar-refractivity contribution in [2.24, 2.45) is 0 Å². The molecule has 1 aromatic rings. The van der Waals surface area contributed by atoms with Crippen LogP contribution in [0.3, 0.4) is 0 Å². The van der Waals surface area contributed by atoms with Crippen LogP contribution in [0.4, 0.5) is 0 Å². The summed E-state index contributed by atoms with van der Waals surface area (Å²) in [6.45, 7) is 7.94. The van der Waals surface area contributed by atoms with Crippen molar-refractivity contribution in [1.29, 1.82) is 0 Å². The van der Waals surface area contributed by atoms with Gasteiger partial charge in [0.15, 0.2) is 0 Å². The zero-order valence-electron chi connectivity index (χ0n) is 10.9. The molecular formula is C15H25N. The second kappa shape index (κ2) is 6.70. The Morgan fingerprint density at radius 2 is 1.81 bits per heavy atom. The number of hydrogen-bond acceptors (Lipinski definition) is 1. The van der Waals surface area contributed by atoms with Crippen molar-refractivity contribution in [3.05, 3.63) is 35.9 Å². The zero-order chi connectivity index (χ0) is 11.9. The lowest BCUT2D eigenvalue weighted by Gasteiger charge is -2.29. The van der Waals surface area contributed by atoms with E-state index < -0.39 is 0 Å². The Labute approximate surface area is 100 Å². The van der Waals surface area contributed by atoms with Crippen molar-refractivity contribution in [2.45, 2.75) is 52.0 Å². The van der Waals surface area contributed by atoms with Gasteiger partial charge >= 0.3 is 0 Å². The molecule has 0 saturated heterocycles. The van der Waals surface area contributed by atoms with E-state index in [1.165, 1.54) is 24.8 Å². The highest BCUT2D eigenvalue weighted by molar-refractivity contribution is 5.14. The van der Waals surface area contributed by atoms with Crippen molar-refractivity contribution in [1.82, 2.24) is 5.32 Å². The monoisotopic (exact) mass is 219 g/mol. The van der Waals surface area contributed by atoms with E-state index in [-0.39, 0.29) is 0 Å². The van der Waals surface area contributed by atoms with Crippen molar-refractivity contribution >= 4 is 0 Å². The van der Waals surface area contributed by atoms with Crippen LogP contribution in [-0.2, 0) is 6.42 Å². The average molecular weight is 219 g/mol. The topological polar surface area (TPSA) is 12.0 Å². The van der Waals surface area contributed by atoms with E-state index in [1.807, 2.05) is 0 Å². The lowest BCUT2D eigenvalue weighted by Crippen LogP contribution is -2.42. The highest BCUT2D eigenvalue weighted by Gasteiger charge is 2.18. The number of benzene rings is 1. The van der Waals surface area contributed by atoms with E-state index in [0.29, 0.717) is 5.54 Å². The highest BCUT2D eigenvalue weighted by atomic mass is 15.0. The molecule has 0 aliphatic heterocycles. The molecule has 0 saturated carbocycles. The molecule has 0 fully saturated rings. The molecule has 0 aromatic heterocycles. The van der Waals surface area contributed by atoms with Gasteiger partial charge in [0.2, 0.25) is 0 Å². The zero-order valence-corrected chi connectivity index (χ0v) is 10.9. The molecule has 1 unspecified atom stereocenters. The maximum atomic E-state index is 3.70. The van der Waals surface area contributed by atoms with Gasteiger partial charge in [0, 0.05) is 5.54 Å². The molecule has 0 aliphatic rings. The smallest absolute Gasteiger partial charge is 0.0150 e. The van der Waals surface area contributed by atoms with Crippen molar-refractivity contribution in [3.63, 3.8) is 0 Å². The second-order valence-corrected chi connectivity index (χ2v) is 4.83. The molecule has 16 heavy (non-hydrogen) atoms. The summed E-state index contributed by atoms with van der Waals surface area (Å²) in [5, 5.41) is 3.70. The first-order valence-corrected chi connectivity index (χ1v) is 6.49. The third-order valence-corrected chi connectivity index (χ3v) is 3.39. The molecule has 1 atom stereocenters. The minimum atomic E-state index is 0.323. The summed E-state index contributed by atoms with van der Waals surface area (Å²) in [7, 11) is 0. The predicted octanol–water partition coefficient (Wildman–Crippen LogP) is 3.79. The van der Waals surface area contributed by atoms with E-state index in [4.69, 9.17) is 0 Å². The predicted molar refractivity (Wildman–Crippen MR) is 71.8 cm³/mol. The fraction of sp³-hybridized carbons (Fsp3) is 0.600. The first kappa shape index (κ1) is 13.2. The summed E-state index contributed by atoms with van der Waals surface area (Å²) >= 11 is 0. The minimum absolute atomic E-state index is 0.323. The largest absolute Gasteiger partial charge is 0.311 e. The first-order chi connectivity index (χ1) is 7.70. The number of rotatable bonds is 7. The Kier molecular flexibility index (Phi) is 5.54. The van der Waals surface area contributed by atoms with Gasteiger partial charge in [-0.15, -0.1) is 0 Å². The van der Waals surface area contributed by atoms with Crippen molar-refractivity contribution < 1.29 is 0 Å². The summed E-state index contributed by atoms with van der Waals surface area (Å²) in [6.07, 6.45) is 4.84. The Morgan fingerprint density at radius 1 is 1.12 bits per heavy atom. The molecule has 90 valence electrons. The summed E-state index contributed by atoms with van der Waals surface area (Å²) in [5.41, 5.74) is 1.74. The van der Waals surface area contributed by atoms with Gasteiger partial charge in [0.05, 0.1) is 0 Å². The maximum Gasteiger partial charge on any atom is 0.0150 e. The standard InChI is InChI=1S/C15H25N/c1-4-12-15(3,5-2)16-13-11-14-9-7-6-8-10-14/h6-10,16H,4-5,11-13H2,1-3H3. The lowest BCUT2D eigenvalue weighted by atomic mass is 9.93. The van der Waals surface area contributed by atoms with E-state index in [1.54, 1.807) is 0 Å². The van der Waals surface area contributed by atoms with Crippen LogP contribution in [0.2, 0.25) is 0 Å². The summed E-state index contributed by atoms with van der Waals surface area (Å²) in [4.78, 5) is 0. The molecule has 0 radical (unpaired) electrons. The fourth-order valence-electron chi connectivity index (χ4n) is 2.10. The molecule has 0 aliphatic carbocycles. The normalized spacial score (nSPS) is 14.7. The van der Waals surface area contributed by atoms with Crippen LogP contribution in [0, 0.1) is 0 Å². The molecule has 1 aromatic carbocycles. The van der Waals surface area contributed by atoms with Crippen LogP contribution in [0.15, 0.2) is 30.3 Å². The number of nitrogens with one attached hydrogen (secondary N) is 1. The van der Waals surface area contributed by atoms with E-state index >= 15 is 0 Å². The van der Waals surface area contributed by atoms with Crippen LogP contribution in [0.5, 0.6) is 0 Å². The van der Waals surface area contributed by atoms with Gasteiger partial charge in [-0.05, 0) is 38.3 Å². The van der Waals surface area contributed by atoms with Gasteiger partial charge < -0.3 is 5.32 Å². The second-order valence-electron chi connectivity index (χ2n) is 4.83. The van der Waals surface area contributed by atoms with Crippen LogP contribution < -0.4 is 5.32 Å².